The molecule has 0 radical (unpaired) electrons. The number of rotatable bonds is 3. The van der Waals surface area contributed by atoms with Crippen LogP contribution in [0.5, 0.6) is 0 Å². The molecule has 0 saturated carbocycles. The molecule has 2 rings (SSSR count). The van der Waals surface area contributed by atoms with E-state index in [0.717, 1.165) is 6.54 Å². The van der Waals surface area contributed by atoms with Crippen molar-refractivity contribution in [1.82, 2.24) is 4.90 Å². The smallest absolute Gasteiger partial charge is 0.324 e. The second-order valence-corrected chi connectivity index (χ2v) is 3.82. The molecule has 0 spiro atoms. The van der Waals surface area contributed by atoms with Crippen molar-refractivity contribution < 1.29 is 9.53 Å². The molecule has 4 heteroatoms. The van der Waals surface area contributed by atoms with Crippen LogP contribution in [0.3, 0.4) is 0 Å². The molecule has 0 aliphatic carbocycles. The molecular formula is C12H17NO2S. The van der Waals surface area contributed by atoms with Gasteiger partial charge in [0.25, 0.3) is 0 Å². The molecule has 1 aliphatic rings. The molecule has 0 bridgehead atoms. The van der Waals surface area contributed by atoms with E-state index in [1.807, 2.05) is 18.2 Å². The Morgan fingerprint density at radius 3 is 2.62 bits per heavy atom. The lowest BCUT2D eigenvalue weighted by Crippen LogP contribution is -2.16. The monoisotopic (exact) mass is 239 g/mol. The van der Waals surface area contributed by atoms with Crippen molar-refractivity contribution >= 4 is 19.5 Å². The average Bonchev–Trinajstić information content (AvgIpc) is 3.08. The van der Waals surface area contributed by atoms with E-state index >= 15 is 0 Å². The van der Waals surface area contributed by atoms with Crippen LogP contribution in [0.15, 0.2) is 30.3 Å². The summed E-state index contributed by atoms with van der Waals surface area (Å²) in [5.74, 6) is -0.127. The summed E-state index contributed by atoms with van der Waals surface area (Å²) in [6, 6.07) is 10.4. The Morgan fingerprint density at radius 1 is 1.44 bits per heavy atom. The summed E-state index contributed by atoms with van der Waals surface area (Å²) < 4.78 is 4.71. The predicted molar refractivity (Wildman–Crippen MR) is 67.7 cm³/mol. The molecule has 1 fully saturated rings. The van der Waals surface area contributed by atoms with Crippen molar-refractivity contribution in [1.29, 1.82) is 0 Å². The minimum Gasteiger partial charge on any atom is -0.468 e. The molecule has 3 nitrogen and oxygen atoms in total. The standard InChI is InChI=1S/C12H15NO2.H2S/c1-9(10-6-4-3-5-7-10)13-8-11(13)12(14)15-2;/h3-7,9,11H,8H2,1-2H3;1H2/t9-,11+,13?;/m0./s1. The Hall–Kier alpha value is -1.00. The number of carbonyl (C=O) groups excluding carboxylic acids is 1. The van der Waals surface area contributed by atoms with Gasteiger partial charge in [-0.25, -0.2) is 0 Å². The molecule has 1 unspecified atom stereocenters. The van der Waals surface area contributed by atoms with Gasteiger partial charge >= 0.3 is 5.97 Å². The lowest BCUT2D eigenvalue weighted by atomic mass is 10.1. The molecule has 0 N–H and O–H groups in total. The van der Waals surface area contributed by atoms with Crippen molar-refractivity contribution in [3.63, 3.8) is 0 Å². The highest BCUT2D eigenvalue weighted by molar-refractivity contribution is 7.59. The van der Waals surface area contributed by atoms with Crippen LogP contribution in [-0.4, -0.2) is 30.6 Å². The fourth-order valence-electron chi connectivity index (χ4n) is 1.85. The van der Waals surface area contributed by atoms with E-state index in [1.54, 1.807) is 0 Å². The van der Waals surface area contributed by atoms with Crippen LogP contribution in [0.2, 0.25) is 0 Å². The van der Waals surface area contributed by atoms with E-state index in [9.17, 15) is 4.79 Å². The summed E-state index contributed by atoms with van der Waals surface area (Å²) in [6.07, 6.45) is 0. The van der Waals surface area contributed by atoms with Crippen LogP contribution in [0, 0.1) is 0 Å². The molecule has 1 aromatic rings. The largest absolute Gasteiger partial charge is 0.468 e. The molecule has 1 aromatic carbocycles. The van der Waals surface area contributed by atoms with Gasteiger partial charge in [-0.2, -0.15) is 13.5 Å². The summed E-state index contributed by atoms with van der Waals surface area (Å²) in [5.41, 5.74) is 1.24. The van der Waals surface area contributed by atoms with Gasteiger partial charge < -0.3 is 4.74 Å². The third-order valence-electron chi connectivity index (χ3n) is 2.90. The van der Waals surface area contributed by atoms with Gasteiger partial charge in [0, 0.05) is 12.6 Å². The first kappa shape index (κ1) is 13.1. The number of benzene rings is 1. The van der Waals surface area contributed by atoms with Gasteiger partial charge in [0.15, 0.2) is 0 Å². The second kappa shape index (κ2) is 5.37. The lowest BCUT2D eigenvalue weighted by molar-refractivity contribution is -0.141. The Bertz CT molecular complexity index is 355. The predicted octanol–water partition coefficient (Wildman–Crippen LogP) is 1.72. The van der Waals surface area contributed by atoms with Crippen LogP contribution in [0.1, 0.15) is 18.5 Å². The van der Waals surface area contributed by atoms with Crippen molar-refractivity contribution in [2.45, 2.75) is 19.0 Å². The highest BCUT2D eigenvalue weighted by Crippen LogP contribution is 2.31. The molecule has 1 saturated heterocycles. The van der Waals surface area contributed by atoms with Crippen molar-refractivity contribution in [3.8, 4) is 0 Å². The van der Waals surface area contributed by atoms with E-state index in [4.69, 9.17) is 4.74 Å². The summed E-state index contributed by atoms with van der Waals surface area (Å²) in [5, 5.41) is 0. The number of methoxy groups -OCH3 is 1. The van der Waals surface area contributed by atoms with Gasteiger partial charge in [0.2, 0.25) is 0 Å². The van der Waals surface area contributed by atoms with Crippen molar-refractivity contribution in [3.05, 3.63) is 35.9 Å². The maximum absolute atomic E-state index is 11.3. The maximum Gasteiger partial charge on any atom is 0.324 e. The minimum absolute atomic E-state index is 0. The zero-order valence-corrected chi connectivity index (χ0v) is 10.5. The van der Waals surface area contributed by atoms with Gasteiger partial charge in [0.1, 0.15) is 6.04 Å². The highest BCUT2D eigenvalue weighted by atomic mass is 32.1. The molecule has 3 atom stereocenters. The van der Waals surface area contributed by atoms with Crippen LogP contribution in [-0.2, 0) is 9.53 Å². The van der Waals surface area contributed by atoms with E-state index in [1.165, 1.54) is 12.7 Å². The molecular weight excluding hydrogens is 222 g/mol. The molecule has 0 aromatic heterocycles. The van der Waals surface area contributed by atoms with Gasteiger partial charge in [-0.3, -0.25) is 9.69 Å². The minimum atomic E-state index is -0.127. The first-order valence-corrected chi connectivity index (χ1v) is 5.12. The van der Waals surface area contributed by atoms with Gasteiger partial charge in [-0.1, -0.05) is 30.3 Å². The summed E-state index contributed by atoms with van der Waals surface area (Å²) in [6.45, 7) is 2.92. The molecule has 16 heavy (non-hydrogen) atoms. The summed E-state index contributed by atoms with van der Waals surface area (Å²) >= 11 is 0. The number of hydrogen-bond donors (Lipinski definition) is 0. The SMILES string of the molecule is COC(=O)[C@H]1CN1[C@@H](C)c1ccccc1.S. The molecule has 88 valence electrons. The van der Waals surface area contributed by atoms with Crippen LogP contribution < -0.4 is 0 Å². The lowest BCUT2D eigenvalue weighted by Gasteiger charge is -2.13. The summed E-state index contributed by atoms with van der Waals surface area (Å²) in [7, 11) is 1.44. The third-order valence-corrected chi connectivity index (χ3v) is 2.90. The van der Waals surface area contributed by atoms with Gasteiger partial charge in [-0.05, 0) is 12.5 Å². The zero-order chi connectivity index (χ0) is 10.8. The fourth-order valence-corrected chi connectivity index (χ4v) is 1.85. The quantitative estimate of drug-likeness (QED) is 0.594. The Kier molecular flexibility index (Phi) is 4.38. The van der Waals surface area contributed by atoms with Crippen molar-refractivity contribution in [2.24, 2.45) is 0 Å². The van der Waals surface area contributed by atoms with Crippen LogP contribution >= 0.6 is 13.5 Å². The Labute approximate surface area is 103 Å². The van der Waals surface area contributed by atoms with Crippen molar-refractivity contribution in [2.75, 3.05) is 13.7 Å². The normalized spacial score (nSPS) is 24.1. The summed E-state index contributed by atoms with van der Waals surface area (Å²) in [4.78, 5) is 13.4. The topological polar surface area (TPSA) is 29.3 Å². The number of nitrogens with zero attached hydrogens (tertiary/aromatic N) is 1. The molecule has 1 heterocycles. The number of hydrogen-bond acceptors (Lipinski definition) is 3. The first-order chi connectivity index (χ1) is 7.24. The average molecular weight is 239 g/mol. The Balaban J connectivity index is 0.00000128. The van der Waals surface area contributed by atoms with Crippen LogP contribution in [0.25, 0.3) is 0 Å². The van der Waals surface area contributed by atoms with E-state index < -0.39 is 0 Å². The second-order valence-electron chi connectivity index (χ2n) is 3.82. The van der Waals surface area contributed by atoms with Gasteiger partial charge in [0.05, 0.1) is 7.11 Å². The van der Waals surface area contributed by atoms with E-state index in [-0.39, 0.29) is 31.5 Å². The third kappa shape index (κ3) is 2.57. The van der Waals surface area contributed by atoms with E-state index in [2.05, 4.69) is 24.0 Å². The van der Waals surface area contributed by atoms with Gasteiger partial charge in [-0.15, -0.1) is 0 Å². The fraction of sp³-hybridized carbons (Fsp3) is 0.417. The number of carbonyl (C=O) groups is 1. The number of esters is 1. The van der Waals surface area contributed by atoms with E-state index in [0.29, 0.717) is 0 Å². The highest BCUT2D eigenvalue weighted by Gasteiger charge is 2.44. The molecule has 0 amide bonds. The zero-order valence-electron chi connectivity index (χ0n) is 9.51. The van der Waals surface area contributed by atoms with Crippen LogP contribution in [0.4, 0.5) is 0 Å². The molecule has 1 aliphatic heterocycles. The first-order valence-electron chi connectivity index (χ1n) is 5.12. The number of ether oxygens (including phenoxy) is 1. The maximum atomic E-state index is 11.3. The Morgan fingerprint density at radius 2 is 2.06 bits per heavy atom.